The van der Waals surface area contributed by atoms with Gasteiger partial charge in [-0.3, -0.25) is 10.1 Å². The summed E-state index contributed by atoms with van der Waals surface area (Å²) in [5, 5.41) is 4.34. The highest BCUT2D eigenvalue weighted by Gasteiger charge is 2.54. The molecule has 0 aliphatic carbocycles. The van der Waals surface area contributed by atoms with Crippen molar-refractivity contribution in [2.24, 2.45) is 0 Å². The van der Waals surface area contributed by atoms with E-state index in [2.05, 4.69) is 10.1 Å². The smallest absolute Gasteiger partial charge is 0.272 e. The van der Waals surface area contributed by atoms with Crippen LogP contribution in [0.15, 0.2) is 29.3 Å². The lowest BCUT2D eigenvalue weighted by atomic mass is 10.2. The fourth-order valence-corrected chi connectivity index (χ4v) is 2.64. The summed E-state index contributed by atoms with van der Waals surface area (Å²) in [6, 6.07) is 3.64. The first-order valence-electron chi connectivity index (χ1n) is 5.34. The third-order valence-electron chi connectivity index (χ3n) is 2.49. The van der Waals surface area contributed by atoms with Crippen molar-refractivity contribution in [3.63, 3.8) is 0 Å². The maximum absolute atomic E-state index is 12.8. The summed E-state index contributed by atoms with van der Waals surface area (Å²) in [5.41, 5.74) is -9.52. The number of alkyl halides is 6. The quantitative estimate of drug-likeness (QED) is 0.850. The van der Waals surface area contributed by atoms with Gasteiger partial charge in [-0.1, -0.05) is 6.07 Å². The molecule has 0 aliphatic heterocycles. The van der Waals surface area contributed by atoms with Gasteiger partial charge in [-0.25, -0.2) is 8.42 Å². The molecule has 120 valence electrons. The number of hydrogen-bond donors (Lipinski definition) is 1. The molecule has 22 heavy (non-hydrogen) atoms. The van der Waals surface area contributed by atoms with E-state index in [1.807, 2.05) is 0 Å². The fourth-order valence-electron chi connectivity index (χ4n) is 1.58. The highest BCUT2D eigenvalue weighted by atomic mass is 32.2. The van der Waals surface area contributed by atoms with Crippen molar-refractivity contribution in [1.29, 1.82) is 0 Å². The zero-order chi connectivity index (χ0) is 16.8. The minimum absolute atomic E-state index is 0.447. The highest BCUT2D eigenvalue weighted by Crippen LogP contribution is 2.42. The number of rotatable bonds is 2. The number of nitrogens with one attached hydrogen (secondary N) is 1. The van der Waals surface area contributed by atoms with Crippen LogP contribution < -0.4 is 0 Å². The molecule has 2 heterocycles. The predicted molar refractivity (Wildman–Crippen MR) is 60.1 cm³/mol. The monoisotopic (exact) mass is 345 g/mol. The van der Waals surface area contributed by atoms with Gasteiger partial charge >= 0.3 is 11.7 Å². The van der Waals surface area contributed by atoms with Gasteiger partial charge in [-0.05, 0) is 12.1 Å². The number of nitrogens with zero attached hydrogens (tertiary/aromatic N) is 2. The van der Waals surface area contributed by atoms with Gasteiger partial charge in [0.15, 0.2) is 5.69 Å². The highest BCUT2D eigenvalue weighted by molar-refractivity contribution is 7.92. The average molecular weight is 345 g/mol. The molecule has 5 nitrogen and oxygen atoms in total. The first-order chi connectivity index (χ1) is 9.96. The lowest BCUT2D eigenvalue weighted by Crippen LogP contribution is -2.26. The number of H-pyrrole nitrogens is 1. The van der Waals surface area contributed by atoms with Gasteiger partial charge in [0, 0.05) is 6.20 Å². The molecule has 0 bridgehead atoms. The first kappa shape index (κ1) is 16.3. The van der Waals surface area contributed by atoms with Gasteiger partial charge < -0.3 is 0 Å². The number of aromatic amines is 1. The molecule has 0 radical (unpaired) electrons. The van der Waals surface area contributed by atoms with Crippen molar-refractivity contribution in [3.05, 3.63) is 30.1 Å². The third kappa shape index (κ3) is 2.65. The summed E-state index contributed by atoms with van der Waals surface area (Å²) < 4.78 is 99.2. The third-order valence-corrected chi connectivity index (χ3v) is 4.03. The summed E-state index contributed by atoms with van der Waals surface area (Å²) >= 11 is 0. The van der Waals surface area contributed by atoms with Crippen LogP contribution in [0.4, 0.5) is 26.3 Å². The van der Waals surface area contributed by atoms with E-state index in [4.69, 9.17) is 0 Å². The number of pyridine rings is 1. The molecule has 2 aromatic rings. The van der Waals surface area contributed by atoms with Crippen molar-refractivity contribution in [3.8, 4) is 11.4 Å². The van der Waals surface area contributed by atoms with E-state index in [0.717, 1.165) is 12.3 Å². The van der Waals surface area contributed by atoms with Crippen molar-refractivity contribution in [2.75, 3.05) is 0 Å². The van der Waals surface area contributed by atoms with Crippen LogP contribution in [-0.2, 0) is 16.0 Å². The lowest BCUT2D eigenvalue weighted by molar-refractivity contribution is -0.143. The minimum Gasteiger partial charge on any atom is -0.272 e. The Bertz CT molecular complexity index is 779. The Morgan fingerprint density at radius 3 is 2.14 bits per heavy atom. The molecular formula is C10H5F6N3O2S. The number of sulfone groups is 1. The van der Waals surface area contributed by atoms with Crippen molar-refractivity contribution in [1.82, 2.24) is 15.2 Å². The predicted octanol–water partition coefficient (Wildman–Crippen LogP) is 2.78. The molecular weight excluding hydrogens is 340 g/mol. The molecule has 0 saturated carbocycles. The number of halogens is 6. The van der Waals surface area contributed by atoms with Crippen LogP contribution in [0.3, 0.4) is 0 Å². The first-order valence-corrected chi connectivity index (χ1v) is 6.83. The van der Waals surface area contributed by atoms with Crippen LogP contribution in [0, 0.1) is 0 Å². The maximum atomic E-state index is 12.8. The molecule has 0 atom stereocenters. The zero-order valence-corrected chi connectivity index (χ0v) is 11.0. The maximum Gasteiger partial charge on any atom is 0.502 e. The summed E-state index contributed by atoms with van der Waals surface area (Å²) in [6.45, 7) is 0. The summed E-state index contributed by atoms with van der Waals surface area (Å²) in [7, 11) is -6.28. The Balaban J connectivity index is 2.83. The normalized spacial score (nSPS) is 13.4. The van der Waals surface area contributed by atoms with E-state index in [1.165, 1.54) is 17.2 Å². The average Bonchev–Trinajstić information content (AvgIpc) is 2.83. The molecule has 1 N–H and O–H groups in total. The largest absolute Gasteiger partial charge is 0.502 e. The standard InChI is InChI=1S/C10H5F6N3O2S/c11-9(12,13)8-7(22(20,21)10(14,15)16)6(18-19-8)5-3-1-2-4-17-5/h1-4H,(H,18,19). The molecule has 12 heteroatoms. The summed E-state index contributed by atoms with van der Waals surface area (Å²) in [4.78, 5) is 1.52. The number of aromatic nitrogens is 3. The van der Waals surface area contributed by atoms with Crippen LogP contribution in [-0.4, -0.2) is 29.1 Å². The van der Waals surface area contributed by atoms with E-state index in [0.29, 0.717) is 0 Å². The van der Waals surface area contributed by atoms with E-state index < -0.39 is 43.5 Å². The molecule has 0 fully saturated rings. The fraction of sp³-hybridized carbons (Fsp3) is 0.200. The second-order valence-corrected chi connectivity index (χ2v) is 5.82. The Morgan fingerprint density at radius 2 is 1.68 bits per heavy atom. The molecule has 0 aliphatic rings. The summed E-state index contributed by atoms with van der Waals surface area (Å²) in [5.74, 6) is 0. The topological polar surface area (TPSA) is 75.7 Å². The van der Waals surface area contributed by atoms with E-state index >= 15 is 0 Å². The molecule has 0 spiro atoms. The van der Waals surface area contributed by atoms with E-state index in [9.17, 15) is 34.8 Å². The molecule has 2 rings (SSSR count). The molecule has 0 unspecified atom stereocenters. The van der Waals surface area contributed by atoms with E-state index in [1.54, 1.807) is 0 Å². The van der Waals surface area contributed by atoms with Crippen molar-refractivity contribution >= 4 is 9.84 Å². The molecule has 0 saturated heterocycles. The molecule has 2 aromatic heterocycles. The Labute approximate surface area is 118 Å². The van der Waals surface area contributed by atoms with Crippen molar-refractivity contribution in [2.45, 2.75) is 16.6 Å². The minimum atomic E-state index is -6.28. The Hall–Kier alpha value is -2.11. The van der Waals surface area contributed by atoms with Gasteiger partial charge in [0.1, 0.15) is 10.6 Å². The van der Waals surface area contributed by atoms with Gasteiger partial charge in [0.25, 0.3) is 9.84 Å². The van der Waals surface area contributed by atoms with Crippen LogP contribution in [0.25, 0.3) is 11.4 Å². The van der Waals surface area contributed by atoms with Gasteiger partial charge in [-0.15, -0.1) is 0 Å². The van der Waals surface area contributed by atoms with Crippen LogP contribution in [0.2, 0.25) is 0 Å². The van der Waals surface area contributed by atoms with Crippen molar-refractivity contribution < 1.29 is 34.8 Å². The second-order valence-electron chi connectivity index (χ2n) is 3.94. The molecule has 0 aromatic carbocycles. The van der Waals surface area contributed by atoms with Crippen LogP contribution in [0.1, 0.15) is 5.69 Å². The molecule has 0 amide bonds. The van der Waals surface area contributed by atoms with E-state index in [-0.39, 0.29) is 0 Å². The Kier molecular flexibility index (Phi) is 3.67. The lowest BCUT2D eigenvalue weighted by Gasteiger charge is -2.11. The number of hydrogen-bond acceptors (Lipinski definition) is 4. The van der Waals surface area contributed by atoms with Gasteiger partial charge in [0.05, 0.1) is 5.69 Å². The second kappa shape index (κ2) is 4.97. The van der Waals surface area contributed by atoms with Crippen LogP contribution >= 0.6 is 0 Å². The summed E-state index contributed by atoms with van der Waals surface area (Å²) in [6.07, 6.45) is -4.30. The van der Waals surface area contributed by atoms with Crippen LogP contribution in [0.5, 0.6) is 0 Å². The Morgan fingerprint density at radius 1 is 1.05 bits per heavy atom. The SMILES string of the molecule is O=S(=O)(c1c(-c2ccccn2)n[nH]c1C(F)(F)F)C(F)(F)F. The van der Waals surface area contributed by atoms with Gasteiger partial charge in [0.2, 0.25) is 0 Å². The zero-order valence-electron chi connectivity index (χ0n) is 10.2. The van der Waals surface area contributed by atoms with Gasteiger partial charge in [-0.2, -0.15) is 31.4 Å².